The standard InChI is InChI=1S/C16H23N3O2/c1-11(2)20-10-14(17)16-18-15(21-19-16)8-7-13-6-4-5-12(3)9-13/h4-6,9,11,14H,7-8,10,17H2,1-3H3. The first-order valence-electron chi connectivity index (χ1n) is 7.30. The second-order valence-corrected chi connectivity index (χ2v) is 5.52. The smallest absolute Gasteiger partial charge is 0.227 e. The van der Waals surface area contributed by atoms with Crippen LogP contribution >= 0.6 is 0 Å². The van der Waals surface area contributed by atoms with Crippen molar-refractivity contribution in [3.8, 4) is 0 Å². The van der Waals surface area contributed by atoms with Crippen molar-refractivity contribution >= 4 is 0 Å². The summed E-state index contributed by atoms with van der Waals surface area (Å²) in [7, 11) is 0. The molecule has 0 aliphatic rings. The molecule has 1 atom stereocenters. The largest absolute Gasteiger partial charge is 0.377 e. The third-order valence-corrected chi connectivity index (χ3v) is 3.13. The van der Waals surface area contributed by atoms with Crippen molar-refractivity contribution in [1.82, 2.24) is 10.1 Å². The van der Waals surface area contributed by atoms with Crippen molar-refractivity contribution in [3.63, 3.8) is 0 Å². The fourth-order valence-electron chi connectivity index (χ4n) is 2.01. The van der Waals surface area contributed by atoms with Crippen molar-refractivity contribution in [1.29, 1.82) is 0 Å². The molecule has 0 aliphatic heterocycles. The highest BCUT2D eigenvalue weighted by molar-refractivity contribution is 5.22. The summed E-state index contributed by atoms with van der Waals surface area (Å²) < 4.78 is 10.7. The maximum Gasteiger partial charge on any atom is 0.227 e. The molecule has 0 saturated carbocycles. The van der Waals surface area contributed by atoms with Gasteiger partial charge in [-0.3, -0.25) is 0 Å². The molecular formula is C16H23N3O2. The van der Waals surface area contributed by atoms with Crippen LogP contribution in [0.3, 0.4) is 0 Å². The van der Waals surface area contributed by atoms with Gasteiger partial charge in [-0.05, 0) is 32.8 Å². The fourth-order valence-corrected chi connectivity index (χ4v) is 2.01. The van der Waals surface area contributed by atoms with Gasteiger partial charge in [0.25, 0.3) is 0 Å². The highest BCUT2D eigenvalue weighted by Crippen LogP contribution is 2.11. The Morgan fingerprint density at radius 3 is 2.81 bits per heavy atom. The molecular weight excluding hydrogens is 266 g/mol. The molecule has 2 N–H and O–H groups in total. The summed E-state index contributed by atoms with van der Waals surface area (Å²) in [5.41, 5.74) is 8.50. The second-order valence-electron chi connectivity index (χ2n) is 5.52. The van der Waals surface area contributed by atoms with Crippen LogP contribution in [0.4, 0.5) is 0 Å². The first-order valence-corrected chi connectivity index (χ1v) is 7.30. The van der Waals surface area contributed by atoms with E-state index >= 15 is 0 Å². The number of hydrogen-bond acceptors (Lipinski definition) is 5. The van der Waals surface area contributed by atoms with Crippen LogP contribution in [0.15, 0.2) is 28.8 Å². The Hall–Kier alpha value is -1.72. The minimum Gasteiger partial charge on any atom is -0.377 e. The van der Waals surface area contributed by atoms with Crippen LogP contribution in [0.2, 0.25) is 0 Å². The van der Waals surface area contributed by atoms with E-state index in [4.69, 9.17) is 15.0 Å². The van der Waals surface area contributed by atoms with Crippen molar-refractivity contribution in [3.05, 3.63) is 47.1 Å². The lowest BCUT2D eigenvalue weighted by atomic mass is 10.1. The third kappa shape index (κ3) is 4.95. The van der Waals surface area contributed by atoms with Crippen molar-refractivity contribution < 1.29 is 9.26 Å². The number of ether oxygens (including phenoxy) is 1. The first-order chi connectivity index (χ1) is 10.0. The molecule has 0 aliphatic carbocycles. The molecule has 21 heavy (non-hydrogen) atoms. The van der Waals surface area contributed by atoms with E-state index in [1.165, 1.54) is 11.1 Å². The van der Waals surface area contributed by atoms with Crippen LogP contribution in [-0.2, 0) is 17.6 Å². The monoisotopic (exact) mass is 289 g/mol. The van der Waals surface area contributed by atoms with Crippen LogP contribution in [-0.4, -0.2) is 22.9 Å². The van der Waals surface area contributed by atoms with E-state index in [-0.39, 0.29) is 12.1 Å². The first kappa shape index (κ1) is 15.7. The molecule has 5 heteroatoms. The predicted octanol–water partition coefficient (Wildman–Crippen LogP) is 2.59. The second kappa shape index (κ2) is 7.33. The van der Waals surface area contributed by atoms with Crippen LogP contribution in [0.25, 0.3) is 0 Å². The molecule has 0 spiro atoms. The minimum atomic E-state index is -0.344. The summed E-state index contributed by atoms with van der Waals surface area (Å²) in [4.78, 5) is 4.34. The van der Waals surface area contributed by atoms with Gasteiger partial charge in [-0.2, -0.15) is 4.98 Å². The Balaban J connectivity index is 1.88. The number of aryl methyl sites for hydroxylation is 3. The molecule has 0 amide bonds. The van der Waals surface area contributed by atoms with Gasteiger partial charge in [0.1, 0.15) is 0 Å². The number of hydrogen-bond donors (Lipinski definition) is 1. The Morgan fingerprint density at radius 1 is 1.29 bits per heavy atom. The maximum atomic E-state index is 5.97. The lowest BCUT2D eigenvalue weighted by Crippen LogP contribution is -2.20. The van der Waals surface area contributed by atoms with Crippen molar-refractivity contribution in [2.24, 2.45) is 5.73 Å². The SMILES string of the molecule is Cc1cccc(CCc2nc(C(N)COC(C)C)no2)c1. The van der Waals surface area contributed by atoms with E-state index in [9.17, 15) is 0 Å². The van der Waals surface area contributed by atoms with E-state index in [0.29, 0.717) is 24.7 Å². The molecule has 0 bridgehead atoms. The van der Waals surface area contributed by atoms with E-state index in [1.54, 1.807) is 0 Å². The summed E-state index contributed by atoms with van der Waals surface area (Å²) in [5, 5.41) is 3.93. The summed E-state index contributed by atoms with van der Waals surface area (Å²) in [6, 6.07) is 8.07. The topological polar surface area (TPSA) is 74.2 Å². The van der Waals surface area contributed by atoms with Gasteiger partial charge < -0.3 is 15.0 Å². The number of nitrogens with zero attached hydrogens (tertiary/aromatic N) is 2. The maximum absolute atomic E-state index is 5.97. The van der Waals surface area contributed by atoms with E-state index in [0.717, 1.165) is 6.42 Å². The molecule has 0 radical (unpaired) electrons. The van der Waals surface area contributed by atoms with Gasteiger partial charge in [0.15, 0.2) is 5.82 Å². The summed E-state index contributed by atoms with van der Waals surface area (Å²) >= 11 is 0. The highest BCUT2D eigenvalue weighted by atomic mass is 16.5. The average Bonchev–Trinajstić information content (AvgIpc) is 2.91. The van der Waals surface area contributed by atoms with E-state index < -0.39 is 0 Å². The average molecular weight is 289 g/mol. The van der Waals surface area contributed by atoms with Crippen molar-refractivity contribution in [2.75, 3.05) is 6.61 Å². The minimum absolute atomic E-state index is 0.142. The van der Waals surface area contributed by atoms with Gasteiger partial charge >= 0.3 is 0 Å². The molecule has 1 aromatic carbocycles. The molecule has 0 fully saturated rings. The van der Waals surface area contributed by atoms with E-state index in [1.807, 2.05) is 13.8 Å². The number of benzene rings is 1. The Bertz CT molecular complexity index is 566. The van der Waals surface area contributed by atoms with Crippen LogP contribution in [0.5, 0.6) is 0 Å². The molecule has 5 nitrogen and oxygen atoms in total. The molecule has 2 aromatic rings. The normalized spacial score (nSPS) is 12.8. The summed E-state index contributed by atoms with van der Waals surface area (Å²) in [6.45, 7) is 6.42. The number of nitrogens with two attached hydrogens (primary N) is 1. The Morgan fingerprint density at radius 2 is 2.10 bits per heavy atom. The molecule has 0 saturated heterocycles. The zero-order valence-electron chi connectivity index (χ0n) is 12.9. The molecule has 1 heterocycles. The molecule has 2 rings (SSSR count). The van der Waals surface area contributed by atoms with Crippen LogP contribution in [0, 0.1) is 6.92 Å². The van der Waals surface area contributed by atoms with Crippen LogP contribution in [0.1, 0.15) is 42.7 Å². The lowest BCUT2D eigenvalue weighted by Gasteiger charge is -2.10. The van der Waals surface area contributed by atoms with Crippen molar-refractivity contribution in [2.45, 2.75) is 45.8 Å². The van der Waals surface area contributed by atoms with Crippen LogP contribution < -0.4 is 5.73 Å². The fraction of sp³-hybridized carbons (Fsp3) is 0.500. The summed E-state index contributed by atoms with van der Waals surface area (Å²) in [6.07, 6.45) is 1.73. The van der Waals surface area contributed by atoms with Gasteiger partial charge in [0.05, 0.1) is 18.8 Å². The predicted molar refractivity (Wildman–Crippen MR) is 80.9 cm³/mol. The number of aromatic nitrogens is 2. The van der Waals surface area contributed by atoms with Gasteiger partial charge in [-0.1, -0.05) is 35.0 Å². The lowest BCUT2D eigenvalue weighted by molar-refractivity contribution is 0.0665. The van der Waals surface area contributed by atoms with Gasteiger partial charge in [-0.15, -0.1) is 0 Å². The highest BCUT2D eigenvalue weighted by Gasteiger charge is 2.15. The van der Waals surface area contributed by atoms with Gasteiger partial charge in [0.2, 0.25) is 5.89 Å². The number of rotatable bonds is 7. The zero-order valence-corrected chi connectivity index (χ0v) is 12.9. The quantitative estimate of drug-likeness (QED) is 0.848. The molecule has 1 unspecified atom stereocenters. The Labute approximate surface area is 125 Å². The van der Waals surface area contributed by atoms with Gasteiger partial charge in [0, 0.05) is 6.42 Å². The van der Waals surface area contributed by atoms with Gasteiger partial charge in [-0.25, -0.2) is 0 Å². The third-order valence-electron chi connectivity index (χ3n) is 3.13. The van der Waals surface area contributed by atoms with E-state index in [2.05, 4.69) is 41.3 Å². The Kier molecular flexibility index (Phi) is 5.47. The molecule has 1 aromatic heterocycles. The summed E-state index contributed by atoms with van der Waals surface area (Å²) in [5.74, 6) is 1.13. The molecule has 114 valence electrons. The zero-order chi connectivity index (χ0) is 15.2.